The highest BCUT2D eigenvalue weighted by Crippen LogP contribution is 2.58. The molecule has 4 fully saturated rings. The zero-order chi connectivity index (χ0) is 35.1. The van der Waals surface area contributed by atoms with Crippen molar-refractivity contribution in [1.82, 2.24) is 0 Å². The molecule has 0 aromatic heterocycles. The molecule has 0 radical (unpaired) electrons. The molecule has 4 saturated carbocycles. The van der Waals surface area contributed by atoms with Gasteiger partial charge in [0, 0.05) is 16.7 Å². The first kappa shape index (κ1) is 33.2. The van der Waals surface area contributed by atoms with E-state index in [2.05, 4.69) is 39.8 Å². The number of benzene rings is 3. The van der Waals surface area contributed by atoms with Crippen LogP contribution in [0.3, 0.4) is 0 Å². The van der Waals surface area contributed by atoms with E-state index in [0.717, 1.165) is 64.6 Å². The maximum absolute atomic E-state index is 13.8. The van der Waals surface area contributed by atoms with Crippen LogP contribution in [0.5, 0.6) is 11.5 Å². The van der Waals surface area contributed by atoms with Gasteiger partial charge in [0.05, 0.1) is 17.4 Å². The fourth-order valence-corrected chi connectivity index (χ4v) is 10.0. The summed E-state index contributed by atoms with van der Waals surface area (Å²) in [5.41, 5.74) is 5.30. The van der Waals surface area contributed by atoms with Crippen LogP contribution in [-0.4, -0.2) is 17.9 Å². The average molecular weight is 675 g/mol. The molecular formula is C44H50O6. The quantitative estimate of drug-likeness (QED) is 0.175. The molecule has 8 rings (SSSR count). The van der Waals surface area contributed by atoms with E-state index in [4.69, 9.17) is 14.2 Å². The zero-order valence-corrected chi connectivity index (χ0v) is 30.3. The second kappa shape index (κ2) is 12.4. The Hall–Kier alpha value is -3.93. The summed E-state index contributed by atoms with van der Waals surface area (Å²) in [5, 5.41) is 0. The molecule has 1 aliphatic heterocycles. The lowest BCUT2D eigenvalue weighted by Gasteiger charge is -2.35. The molecule has 0 bridgehead atoms. The first-order chi connectivity index (χ1) is 24.0. The summed E-state index contributed by atoms with van der Waals surface area (Å²) in [6, 6.07) is 15.8. The second-order valence-electron chi connectivity index (χ2n) is 16.5. The predicted molar refractivity (Wildman–Crippen MR) is 191 cm³/mol. The number of rotatable bonds is 8. The minimum absolute atomic E-state index is 0.000319. The third-order valence-corrected chi connectivity index (χ3v) is 12.8. The van der Waals surface area contributed by atoms with Gasteiger partial charge < -0.3 is 14.2 Å². The zero-order valence-electron chi connectivity index (χ0n) is 30.3. The highest BCUT2D eigenvalue weighted by atomic mass is 16.6. The summed E-state index contributed by atoms with van der Waals surface area (Å²) in [4.78, 5) is 40.8. The van der Waals surface area contributed by atoms with Crippen LogP contribution in [0.4, 0.5) is 0 Å². The molecule has 5 aliphatic rings. The number of ether oxygens (including phenoxy) is 3. The van der Waals surface area contributed by atoms with Crippen LogP contribution in [0.25, 0.3) is 0 Å². The normalized spacial score (nSPS) is 29.2. The highest BCUT2D eigenvalue weighted by molar-refractivity contribution is 5.96. The first-order valence-electron chi connectivity index (χ1n) is 19.1. The van der Waals surface area contributed by atoms with Crippen molar-refractivity contribution < 1.29 is 28.6 Å². The average Bonchev–Trinajstić information content (AvgIpc) is 3.99. The van der Waals surface area contributed by atoms with Crippen molar-refractivity contribution in [2.24, 2.45) is 35.5 Å². The maximum Gasteiger partial charge on any atom is 0.340 e. The third-order valence-electron chi connectivity index (χ3n) is 12.8. The van der Waals surface area contributed by atoms with Crippen molar-refractivity contribution in [1.29, 1.82) is 0 Å². The van der Waals surface area contributed by atoms with Crippen molar-refractivity contribution in [3.8, 4) is 11.5 Å². The van der Waals surface area contributed by atoms with Crippen molar-refractivity contribution in [3.63, 3.8) is 0 Å². The van der Waals surface area contributed by atoms with Gasteiger partial charge in [-0.2, -0.15) is 0 Å². The molecule has 0 unspecified atom stereocenters. The first-order valence-corrected chi connectivity index (χ1v) is 19.1. The summed E-state index contributed by atoms with van der Waals surface area (Å²) < 4.78 is 19.1. The van der Waals surface area contributed by atoms with Crippen LogP contribution in [0, 0.1) is 49.4 Å². The van der Waals surface area contributed by atoms with Gasteiger partial charge in [-0.3, -0.25) is 9.59 Å². The van der Waals surface area contributed by atoms with E-state index in [1.807, 2.05) is 50.2 Å². The number of aryl methyl sites for hydroxylation is 2. The molecule has 6 heteroatoms. The maximum atomic E-state index is 13.8. The SMILES string of the molecule is Cc1cc([C@@]2(c3cc(C(C)C)c(OC(=O)C4[C@H]5CCCC[C@H]45)cc3C)OC(=O)c3ccccc32)c(C(C)C)cc1OC(=O)C1[C@H]2CCCC[C@H]12. The van der Waals surface area contributed by atoms with E-state index in [1.54, 1.807) is 0 Å². The lowest BCUT2D eigenvalue weighted by atomic mass is 9.73. The standard InChI is InChI=1S/C44H50O6/c1-23(2)32-22-37(48-42(46)39-27-13-7-8-14-28(27)39)26(6)19-36(32)44(34-18-12-11-17-31(34)41(45)50-44)35-21-33(24(3)4)38(20-25(35)5)49-43(47)40-29-15-9-10-16-30(29)40/h11-12,17-24,27-30,39-40H,7-10,13-16H2,1-6H3/t27-,28-,29-,30-,44+/m0/s1. The van der Waals surface area contributed by atoms with Crippen molar-refractivity contribution in [2.75, 3.05) is 0 Å². The molecule has 0 spiro atoms. The van der Waals surface area contributed by atoms with Gasteiger partial charge >= 0.3 is 17.9 Å². The minimum Gasteiger partial charge on any atom is -0.441 e. The smallest absolute Gasteiger partial charge is 0.340 e. The summed E-state index contributed by atoms with van der Waals surface area (Å²) in [6.45, 7) is 12.4. The largest absolute Gasteiger partial charge is 0.441 e. The lowest BCUT2D eigenvalue weighted by molar-refractivity contribution is -0.137. The van der Waals surface area contributed by atoms with Crippen LogP contribution in [-0.2, 0) is 19.9 Å². The van der Waals surface area contributed by atoms with Gasteiger partial charge in [0.15, 0.2) is 5.60 Å². The van der Waals surface area contributed by atoms with Crippen LogP contribution in [0.2, 0.25) is 0 Å². The van der Waals surface area contributed by atoms with E-state index in [-0.39, 0.29) is 41.6 Å². The Morgan fingerprint density at radius 2 is 1.20 bits per heavy atom. The summed E-state index contributed by atoms with van der Waals surface area (Å²) in [6.07, 6.45) is 9.24. The van der Waals surface area contributed by atoms with E-state index >= 15 is 0 Å². The number of cyclic esters (lactones) is 1. The topological polar surface area (TPSA) is 78.9 Å². The van der Waals surface area contributed by atoms with Gasteiger partial charge in [-0.1, -0.05) is 71.6 Å². The van der Waals surface area contributed by atoms with Crippen LogP contribution >= 0.6 is 0 Å². The molecular weight excluding hydrogens is 624 g/mol. The van der Waals surface area contributed by atoms with Crippen LogP contribution < -0.4 is 9.47 Å². The number of hydrogen-bond acceptors (Lipinski definition) is 6. The number of hydrogen-bond donors (Lipinski definition) is 0. The Bertz CT molecular complexity index is 1860. The van der Waals surface area contributed by atoms with Crippen molar-refractivity contribution in [2.45, 2.75) is 110 Å². The molecule has 0 saturated heterocycles. The van der Waals surface area contributed by atoms with Crippen molar-refractivity contribution >= 4 is 17.9 Å². The molecule has 262 valence electrons. The molecule has 5 atom stereocenters. The molecule has 50 heavy (non-hydrogen) atoms. The number of carbonyl (C=O) groups is 3. The fourth-order valence-electron chi connectivity index (χ4n) is 10.0. The third kappa shape index (κ3) is 5.31. The molecule has 0 amide bonds. The van der Waals surface area contributed by atoms with Gasteiger partial charge in [0.25, 0.3) is 0 Å². The van der Waals surface area contributed by atoms with Gasteiger partial charge in [-0.05, 0) is 128 Å². The van der Waals surface area contributed by atoms with Gasteiger partial charge in [0.2, 0.25) is 0 Å². The van der Waals surface area contributed by atoms with Gasteiger partial charge in [-0.25, -0.2) is 4.79 Å². The van der Waals surface area contributed by atoms with E-state index in [1.165, 1.54) is 25.7 Å². The van der Waals surface area contributed by atoms with E-state index < -0.39 is 5.60 Å². The van der Waals surface area contributed by atoms with Gasteiger partial charge in [-0.15, -0.1) is 0 Å². The summed E-state index contributed by atoms with van der Waals surface area (Å²) >= 11 is 0. The van der Waals surface area contributed by atoms with Crippen LogP contribution in [0.1, 0.15) is 140 Å². The van der Waals surface area contributed by atoms with Crippen LogP contribution in [0.15, 0.2) is 48.5 Å². The minimum atomic E-state index is -1.26. The Morgan fingerprint density at radius 1 is 0.660 bits per heavy atom. The monoisotopic (exact) mass is 674 g/mol. The number of esters is 3. The Labute approximate surface area is 296 Å². The summed E-state index contributed by atoms with van der Waals surface area (Å²) in [7, 11) is 0. The van der Waals surface area contributed by atoms with E-state index in [9.17, 15) is 14.4 Å². The highest BCUT2D eigenvalue weighted by Gasteiger charge is 2.57. The van der Waals surface area contributed by atoms with E-state index in [0.29, 0.717) is 40.7 Å². The van der Waals surface area contributed by atoms with Crippen molar-refractivity contribution in [3.05, 3.63) is 93.0 Å². The second-order valence-corrected chi connectivity index (χ2v) is 16.5. The summed E-state index contributed by atoms with van der Waals surface area (Å²) in [5.74, 6) is 2.48. The number of carbonyl (C=O) groups excluding carboxylic acids is 3. The Balaban J connectivity index is 1.23. The Kier molecular flexibility index (Phi) is 8.23. The lowest BCUT2D eigenvalue weighted by Crippen LogP contribution is -2.32. The molecule has 0 N–H and O–H groups in total. The predicted octanol–water partition coefficient (Wildman–Crippen LogP) is 9.70. The molecule has 3 aromatic rings. The molecule has 1 heterocycles. The van der Waals surface area contributed by atoms with Gasteiger partial charge in [0.1, 0.15) is 11.5 Å². The number of fused-ring (bicyclic) bond motifs is 3. The molecule has 3 aromatic carbocycles. The molecule has 4 aliphatic carbocycles. The Morgan fingerprint density at radius 3 is 1.76 bits per heavy atom. The molecule has 6 nitrogen and oxygen atoms in total. The fraction of sp³-hybridized carbons (Fsp3) is 0.523.